The second kappa shape index (κ2) is 6.64. The number of hydrogen-bond acceptors (Lipinski definition) is 4. The van der Waals surface area contributed by atoms with Crippen LogP contribution in [0, 0.1) is 0 Å². The van der Waals surface area contributed by atoms with Gasteiger partial charge in [-0.25, -0.2) is 4.79 Å². The lowest BCUT2D eigenvalue weighted by Crippen LogP contribution is -2.14. The number of nitrogens with one attached hydrogen (secondary N) is 2. The molecule has 1 aliphatic rings. The fraction of sp³-hybridized carbons (Fsp3) is 0.167. The number of benzene rings is 2. The van der Waals surface area contributed by atoms with E-state index < -0.39 is 11.9 Å². The van der Waals surface area contributed by atoms with Crippen LogP contribution in [0.3, 0.4) is 0 Å². The molecule has 0 fully saturated rings. The molecule has 3 rings (SSSR count). The van der Waals surface area contributed by atoms with Crippen LogP contribution < -0.4 is 10.6 Å². The number of carboxylic acids is 1. The third-order valence-corrected chi connectivity index (χ3v) is 3.98. The first-order chi connectivity index (χ1) is 11.9. The number of carboxylic acid groups (broad SMARTS) is 1. The van der Waals surface area contributed by atoms with Crippen LogP contribution in [0.2, 0.25) is 0 Å². The highest BCUT2D eigenvalue weighted by molar-refractivity contribution is 6.06. The Balaban J connectivity index is 1.85. The molecule has 2 aromatic rings. The monoisotopic (exact) mass is 340 g/mol. The third-order valence-electron chi connectivity index (χ3n) is 3.98. The number of rotatable bonds is 3. The van der Waals surface area contributed by atoms with Crippen molar-refractivity contribution in [1.82, 2.24) is 0 Å². The van der Waals surface area contributed by atoms with Crippen LogP contribution in [0.15, 0.2) is 36.4 Å². The number of aromatic carboxylic acids is 1. The quantitative estimate of drug-likeness (QED) is 0.641. The second-order valence-electron chi connectivity index (χ2n) is 5.76. The van der Waals surface area contributed by atoms with Crippen molar-refractivity contribution >= 4 is 29.2 Å². The summed E-state index contributed by atoms with van der Waals surface area (Å²) in [5.74, 6) is -1.90. The molecule has 0 aromatic heterocycles. The topological polar surface area (TPSA) is 116 Å². The number of carbonyl (C=O) groups excluding carboxylic acids is 2. The molecule has 128 valence electrons. The van der Waals surface area contributed by atoms with E-state index in [0.717, 1.165) is 5.56 Å². The molecule has 0 saturated carbocycles. The van der Waals surface area contributed by atoms with Crippen molar-refractivity contribution in [3.8, 4) is 5.75 Å². The highest BCUT2D eigenvalue weighted by Gasteiger charge is 2.16. The minimum atomic E-state index is -1.16. The van der Waals surface area contributed by atoms with Crippen LogP contribution >= 0.6 is 0 Å². The van der Waals surface area contributed by atoms with Crippen LogP contribution in [-0.2, 0) is 11.2 Å². The molecule has 1 aliphatic heterocycles. The van der Waals surface area contributed by atoms with Gasteiger partial charge in [-0.2, -0.15) is 0 Å². The first-order valence-electron chi connectivity index (χ1n) is 7.74. The van der Waals surface area contributed by atoms with Gasteiger partial charge in [0.2, 0.25) is 5.91 Å². The maximum absolute atomic E-state index is 12.4. The van der Waals surface area contributed by atoms with Gasteiger partial charge in [0.15, 0.2) is 0 Å². The first-order valence-corrected chi connectivity index (χ1v) is 7.74. The van der Waals surface area contributed by atoms with E-state index in [-0.39, 0.29) is 22.9 Å². The van der Waals surface area contributed by atoms with E-state index >= 15 is 0 Å². The number of fused-ring (bicyclic) bond motifs is 1. The van der Waals surface area contributed by atoms with Crippen molar-refractivity contribution in [2.75, 3.05) is 10.6 Å². The van der Waals surface area contributed by atoms with Crippen molar-refractivity contribution in [2.24, 2.45) is 0 Å². The molecule has 0 aliphatic carbocycles. The zero-order valence-corrected chi connectivity index (χ0v) is 13.2. The molecule has 0 saturated heterocycles. The lowest BCUT2D eigenvalue weighted by molar-refractivity contribution is -0.116. The number of aryl methyl sites for hydroxylation is 1. The summed E-state index contributed by atoms with van der Waals surface area (Å²) in [5, 5.41) is 24.1. The van der Waals surface area contributed by atoms with Gasteiger partial charge in [-0.1, -0.05) is 0 Å². The summed E-state index contributed by atoms with van der Waals surface area (Å²) in [6.45, 7) is 0. The smallest absolute Gasteiger partial charge is 0.335 e. The molecular formula is C18H16N2O5. The van der Waals surface area contributed by atoms with Crippen molar-refractivity contribution in [3.05, 3.63) is 53.1 Å². The largest absolute Gasteiger partial charge is 0.506 e. The maximum Gasteiger partial charge on any atom is 0.335 e. The maximum atomic E-state index is 12.4. The number of amides is 2. The van der Waals surface area contributed by atoms with Gasteiger partial charge in [0.25, 0.3) is 5.91 Å². The van der Waals surface area contributed by atoms with E-state index in [1.807, 2.05) is 0 Å². The van der Waals surface area contributed by atoms with E-state index in [0.29, 0.717) is 30.5 Å². The summed E-state index contributed by atoms with van der Waals surface area (Å²) in [4.78, 5) is 35.0. The highest BCUT2D eigenvalue weighted by atomic mass is 16.4. The average molecular weight is 340 g/mol. The van der Waals surface area contributed by atoms with Crippen molar-refractivity contribution in [3.63, 3.8) is 0 Å². The number of phenols is 1. The normalized spacial score (nSPS) is 13.4. The van der Waals surface area contributed by atoms with Crippen molar-refractivity contribution in [1.29, 1.82) is 0 Å². The summed E-state index contributed by atoms with van der Waals surface area (Å²) in [6, 6.07) is 8.58. The number of carbonyl (C=O) groups is 3. The zero-order chi connectivity index (χ0) is 18.0. The Morgan fingerprint density at radius 2 is 1.80 bits per heavy atom. The van der Waals surface area contributed by atoms with Gasteiger partial charge in [0.1, 0.15) is 5.75 Å². The molecule has 0 bridgehead atoms. The van der Waals surface area contributed by atoms with Gasteiger partial charge in [-0.3, -0.25) is 9.59 Å². The van der Waals surface area contributed by atoms with Gasteiger partial charge >= 0.3 is 5.97 Å². The standard InChI is InChI=1S/C18H16N2O5/c21-15-7-5-12(18(24)25)9-14(15)20-17(23)11-4-6-13-10(8-11)2-1-3-16(22)19-13/h4-9,21H,1-3H2,(H,19,22)(H,20,23)(H,24,25). The number of hydrogen-bond donors (Lipinski definition) is 4. The fourth-order valence-corrected chi connectivity index (χ4v) is 2.68. The van der Waals surface area contributed by atoms with Crippen LogP contribution in [0.5, 0.6) is 5.75 Å². The van der Waals surface area contributed by atoms with Gasteiger partial charge in [0, 0.05) is 17.7 Å². The Hall–Kier alpha value is -3.35. The molecule has 7 nitrogen and oxygen atoms in total. The molecular weight excluding hydrogens is 324 g/mol. The average Bonchev–Trinajstić information content (AvgIpc) is 2.76. The van der Waals surface area contributed by atoms with Crippen LogP contribution in [0.4, 0.5) is 11.4 Å². The Morgan fingerprint density at radius 3 is 2.56 bits per heavy atom. The molecule has 25 heavy (non-hydrogen) atoms. The zero-order valence-electron chi connectivity index (χ0n) is 13.2. The lowest BCUT2D eigenvalue weighted by atomic mass is 10.0. The second-order valence-corrected chi connectivity index (χ2v) is 5.76. The lowest BCUT2D eigenvalue weighted by Gasteiger charge is -2.11. The van der Waals surface area contributed by atoms with Gasteiger partial charge in [0.05, 0.1) is 11.3 Å². The third kappa shape index (κ3) is 3.60. The van der Waals surface area contributed by atoms with E-state index in [1.54, 1.807) is 18.2 Å². The summed E-state index contributed by atoms with van der Waals surface area (Å²) < 4.78 is 0. The molecule has 1 heterocycles. The summed E-state index contributed by atoms with van der Waals surface area (Å²) in [6.07, 6.45) is 1.81. The summed E-state index contributed by atoms with van der Waals surface area (Å²) in [7, 11) is 0. The van der Waals surface area contributed by atoms with E-state index in [1.165, 1.54) is 18.2 Å². The molecule has 4 N–H and O–H groups in total. The van der Waals surface area contributed by atoms with Gasteiger partial charge in [-0.05, 0) is 54.8 Å². The van der Waals surface area contributed by atoms with Crippen molar-refractivity contribution in [2.45, 2.75) is 19.3 Å². The van der Waals surface area contributed by atoms with Gasteiger partial charge < -0.3 is 20.8 Å². The van der Waals surface area contributed by atoms with Crippen LogP contribution in [0.1, 0.15) is 39.1 Å². The van der Waals surface area contributed by atoms with E-state index in [4.69, 9.17) is 5.11 Å². The molecule has 0 spiro atoms. The van der Waals surface area contributed by atoms with Crippen molar-refractivity contribution < 1.29 is 24.6 Å². The molecule has 0 unspecified atom stereocenters. The van der Waals surface area contributed by atoms with Crippen LogP contribution in [-0.4, -0.2) is 28.0 Å². The Bertz CT molecular complexity index is 876. The molecule has 0 atom stereocenters. The number of aromatic hydroxyl groups is 1. The molecule has 2 aromatic carbocycles. The minimum absolute atomic E-state index is 0.0214. The Kier molecular flexibility index (Phi) is 4.38. The predicted octanol–water partition coefficient (Wildman–Crippen LogP) is 2.62. The predicted molar refractivity (Wildman–Crippen MR) is 91.0 cm³/mol. The van der Waals surface area contributed by atoms with Gasteiger partial charge in [-0.15, -0.1) is 0 Å². The first kappa shape index (κ1) is 16.5. The Labute approximate surface area is 143 Å². The van der Waals surface area contributed by atoms with Crippen LogP contribution in [0.25, 0.3) is 0 Å². The molecule has 0 radical (unpaired) electrons. The van der Waals surface area contributed by atoms with E-state index in [9.17, 15) is 19.5 Å². The Morgan fingerprint density at radius 1 is 1.04 bits per heavy atom. The minimum Gasteiger partial charge on any atom is -0.506 e. The van der Waals surface area contributed by atoms with E-state index in [2.05, 4.69) is 10.6 Å². The number of anilines is 2. The summed E-state index contributed by atoms with van der Waals surface area (Å²) in [5.41, 5.74) is 1.89. The highest BCUT2D eigenvalue weighted by Crippen LogP contribution is 2.27. The molecule has 7 heteroatoms. The number of phenolic OH excluding ortho intramolecular Hbond substituents is 1. The SMILES string of the molecule is O=C1CCCc2cc(C(=O)Nc3cc(C(=O)O)ccc3O)ccc2N1. The molecule has 2 amide bonds. The fourth-order valence-electron chi connectivity index (χ4n) is 2.68. The summed E-state index contributed by atoms with van der Waals surface area (Å²) >= 11 is 0.